The number of carbonyl (C=O) groups is 5. The second kappa shape index (κ2) is 33.8. The Morgan fingerprint density at radius 2 is 1.14 bits per heavy atom. The van der Waals surface area contributed by atoms with E-state index in [1.807, 2.05) is 41.5 Å². The van der Waals surface area contributed by atoms with Crippen molar-refractivity contribution in [3.63, 3.8) is 0 Å². The molecule has 0 aromatic carbocycles. The minimum Gasteiger partial charge on any atom is -0.481 e. The molecule has 0 bridgehead atoms. The van der Waals surface area contributed by atoms with Crippen LogP contribution >= 0.6 is 0 Å². The molecule has 0 aliphatic rings. The molecule has 0 rings (SSSR count). The number of carboxylic acids is 1. The number of rotatable bonds is 26. The van der Waals surface area contributed by atoms with Crippen molar-refractivity contribution in [2.24, 2.45) is 23.2 Å². The lowest BCUT2D eigenvalue weighted by Crippen LogP contribution is -2.27. The third-order valence-electron chi connectivity index (χ3n) is 8.36. The molecule has 0 aliphatic carbocycles. The van der Waals surface area contributed by atoms with Gasteiger partial charge in [-0.05, 0) is 84.0 Å². The fourth-order valence-corrected chi connectivity index (χ4v) is 3.73. The van der Waals surface area contributed by atoms with Gasteiger partial charge in [0.05, 0.1) is 43.7 Å². The van der Waals surface area contributed by atoms with E-state index in [2.05, 4.69) is 18.6 Å². The van der Waals surface area contributed by atoms with Gasteiger partial charge in [-0.2, -0.15) is 0 Å². The zero-order valence-corrected chi connectivity index (χ0v) is 32.4. The first-order chi connectivity index (χ1) is 23.2. The van der Waals surface area contributed by atoms with Crippen molar-refractivity contribution >= 4 is 29.8 Å². The van der Waals surface area contributed by atoms with Gasteiger partial charge >= 0.3 is 29.8 Å². The number of aliphatic hydroxyl groups excluding tert-OH is 1. The summed E-state index contributed by atoms with van der Waals surface area (Å²) in [6.07, 6.45) is 12.0. The molecule has 0 saturated heterocycles. The van der Waals surface area contributed by atoms with Crippen molar-refractivity contribution in [2.75, 3.05) is 33.0 Å². The van der Waals surface area contributed by atoms with Gasteiger partial charge in [0.1, 0.15) is 6.61 Å². The van der Waals surface area contributed by atoms with Crippen LogP contribution in [0.15, 0.2) is 0 Å². The Labute approximate surface area is 297 Å². The SMILES string of the molecule is CCC(C)C(=O)OCCCCCC(=O)OCCCCCC(=O)O.CCC(C)C(=O)OCCO.CCCCC(CC)COC(=O)C(C)(C)CC. The van der Waals surface area contributed by atoms with Crippen LogP contribution in [-0.2, 0) is 42.9 Å². The third-order valence-corrected chi connectivity index (χ3v) is 8.36. The average molecular weight is 705 g/mol. The number of unbranched alkanes of at least 4 members (excludes halogenated alkanes) is 5. The molecular weight excluding hydrogens is 632 g/mol. The lowest BCUT2D eigenvalue weighted by Gasteiger charge is -2.22. The highest BCUT2D eigenvalue weighted by Gasteiger charge is 2.27. The molecule has 0 aromatic rings. The van der Waals surface area contributed by atoms with Gasteiger partial charge in [-0.15, -0.1) is 0 Å². The molecule has 0 aliphatic heterocycles. The van der Waals surface area contributed by atoms with Crippen LogP contribution in [0.25, 0.3) is 0 Å². The van der Waals surface area contributed by atoms with Crippen molar-refractivity contribution in [1.29, 1.82) is 0 Å². The largest absolute Gasteiger partial charge is 0.481 e. The van der Waals surface area contributed by atoms with E-state index < -0.39 is 5.97 Å². The molecule has 11 heteroatoms. The molecule has 0 heterocycles. The summed E-state index contributed by atoms with van der Waals surface area (Å²) in [5.74, 6) is -1.02. The van der Waals surface area contributed by atoms with Crippen LogP contribution in [0.3, 0.4) is 0 Å². The summed E-state index contributed by atoms with van der Waals surface area (Å²) in [7, 11) is 0. The maximum absolute atomic E-state index is 11.8. The van der Waals surface area contributed by atoms with E-state index in [0.29, 0.717) is 45.0 Å². The van der Waals surface area contributed by atoms with Crippen molar-refractivity contribution in [3.05, 3.63) is 0 Å². The van der Waals surface area contributed by atoms with Gasteiger partial charge in [0, 0.05) is 12.8 Å². The van der Waals surface area contributed by atoms with E-state index in [0.717, 1.165) is 51.4 Å². The zero-order valence-electron chi connectivity index (χ0n) is 32.4. The number of hydrogen-bond acceptors (Lipinski definition) is 10. The van der Waals surface area contributed by atoms with Crippen LogP contribution in [-0.4, -0.2) is 73.1 Å². The predicted molar refractivity (Wildman–Crippen MR) is 192 cm³/mol. The fraction of sp³-hybridized carbons (Fsp3) is 0.868. The van der Waals surface area contributed by atoms with Crippen LogP contribution in [0.1, 0.15) is 159 Å². The van der Waals surface area contributed by atoms with E-state index in [-0.39, 0.29) is 60.8 Å². The Balaban J connectivity index is -0.000000704. The van der Waals surface area contributed by atoms with Gasteiger partial charge in [-0.1, -0.05) is 67.7 Å². The number of carboxylic acid groups (broad SMARTS) is 1. The Morgan fingerprint density at radius 3 is 1.59 bits per heavy atom. The molecule has 0 spiro atoms. The molecule has 2 N–H and O–H groups in total. The lowest BCUT2D eigenvalue weighted by atomic mass is 9.90. The van der Waals surface area contributed by atoms with Crippen LogP contribution in [0, 0.1) is 23.2 Å². The molecule has 0 aromatic heterocycles. The van der Waals surface area contributed by atoms with Gasteiger partial charge in [0.15, 0.2) is 0 Å². The molecule has 0 saturated carbocycles. The summed E-state index contributed by atoms with van der Waals surface area (Å²) < 4.78 is 20.3. The van der Waals surface area contributed by atoms with E-state index >= 15 is 0 Å². The van der Waals surface area contributed by atoms with Crippen molar-refractivity contribution in [2.45, 2.75) is 159 Å². The first kappa shape index (κ1) is 50.7. The van der Waals surface area contributed by atoms with Gasteiger partial charge < -0.3 is 29.2 Å². The highest BCUT2D eigenvalue weighted by Crippen LogP contribution is 2.23. The minimum atomic E-state index is -0.795. The number of aliphatic carboxylic acids is 1. The second-order valence-electron chi connectivity index (χ2n) is 13.2. The maximum Gasteiger partial charge on any atom is 0.311 e. The van der Waals surface area contributed by atoms with Crippen LogP contribution in [0.5, 0.6) is 0 Å². The summed E-state index contributed by atoms with van der Waals surface area (Å²) in [5.41, 5.74) is -0.330. The van der Waals surface area contributed by atoms with Crippen LogP contribution in [0.4, 0.5) is 0 Å². The Kier molecular flexibility index (Phi) is 35.0. The van der Waals surface area contributed by atoms with E-state index in [4.69, 9.17) is 24.4 Å². The number of aliphatic hydroxyl groups is 1. The van der Waals surface area contributed by atoms with E-state index in [1.165, 1.54) is 19.3 Å². The highest BCUT2D eigenvalue weighted by atomic mass is 16.5. The average Bonchev–Trinajstić information content (AvgIpc) is 3.09. The topological polar surface area (TPSA) is 163 Å². The van der Waals surface area contributed by atoms with E-state index in [1.54, 1.807) is 6.92 Å². The molecule has 290 valence electrons. The van der Waals surface area contributed by atoms with Crippen LogP contribution in [0.2, 0.25) is 0 Å². The van der Waals surface area contributed by atoms with Crippen molar-refractivity contribution < 1.29 is 53.1 Å². The predicted octanol–water partition coefficient (Wildman–Crippen LogP) is 8.07. The Morgan fingerprint density at radius 1 is 0.633 bits per heavy atom. The van der Waals surface area contributed by atoms with Gasteiger partial charge in [-0.25, -0.2) is 0 Å². The molecule has 3 atom stereocenters. The second-order valence-corrected chi connectivity index (χ2v) is 13.2. The molecule has 0 radical (unpaired) electrons. The zero-order chi connectivity index (χ0) is 38.1. The first-order valence-corrected chi connectivity index (χ1v) is 18.7. The third kappa shape index (κ3) is 32.3. The fourth-order valence-electron chi connectivity index (χ4n) is 3.73. The molecule has 3 unspecified atom stereocenters. The lowest BCUT2D eigenvalue weighted by molar-refractivity contribution is -0.155. The summed E-state index contributed by atoms with van der Waals surface area (Å²) in [5, 5.41) is 16.8. The van der Waals surface area contributed by atoms with Gasteiger partial charge in [0.25, 0.3) is 0 Å². The molecule has 0 fully saturated rings. The number of esters is 4. The number of hydrogen-bond donors (Lipinski definition) is 2. The van der Waals surface area contributed by atoms with Crippen molar-refractivity contribution in [3.8, 4) is 0 Å². The standard InChI is InChI=1S/C17H30O6.C14H28O2.C7H14O3/c1-3-14(2)17(21)23-13-9-5-7-11-16(20)22-12-8-4-6-10-15(18)19;1-6-9-10-12(7-2)11-16-13(15)14(4,5)8-3;1-3-6(2)7(9)10-5-4-8/h14H,3-13H2,1-2H3,(H,18,19);12H,6-11H2,1-5H3;6,8H,3-5H2,1-2H3. The molecule has 0 amide bonds. The number of ether oxygens (including phenoxy) is 4. The molecular formula is C38H72O11. The van der Waals surface area contributed by atoms with Gasteiger partial charge in [0.2, 0.25) is 0 Å². The normalized spacial score (nSPS) is 12.5. The molecule has 49 heavy (non-hydrogen) atoms. The quantitative estimate of drug-likeness (QED) is 0.0508. The summed E-state index contributed by atoms with van der Waals surface area (Å²) in [6, 6.07) is 0. The highest BCUT2D eigenvalue weighted by molar-refractivity contribution is 5.75. The summed E-state index contributed by atoms with van der Waals surface area (Å²) in [6.45, 7) is 19.2. The first-order valence-electron chi connectivity index (χ1n) is 18.7. The monoisotopic (exact) mass is 705 g/mol. The summed E-state index contributed by atoms with van der Waals surface area (Å²) >= 11 is 0. The van der Waals surface area contributed by atoms with E-state index in [9.17, 15) is 24.0 Å². The molecule has 11 nitrogen and oxygen atoms in total. The van der Waals surface area contributed by atoms with Crippen LogP contribution < -0.4 is 0 Å². The summed E-state index contributed by atoms with van der Waals surface area (Å²) in [4.78, 5) is 55.7. The number of carbonyl (C=O) groups excluding carboxylic acids is 4. The maximum atomic E-state index is 11.8. The van der Waals surface area contributed by atoms with Crippen molar-refractivity contribution in [1.82, 2.24) is 0 Å². The Hall–Kier alpha value is -2.69. The van der Waals surface area contributed by atoms with Gasteiger partial charge in [-0.3, -0.25) is 24.0 Å². The minimum absolute atomic E-state index is 0.0495. The Bertz CT molecular complexity index is 857. The smallest absolute Gasteiger partial charge is 0.311 e.